The van der Waals surface area contributed by atoms with Crippen LogP contribution in [0.25, 0.3) is 0 Å². The maximum Gasteiger partial charge on any atom is 0.251 e. The second-order valence-corrected chi connectivity index (χ2v) is 13.6. The molecule has 7 nitrogen and oxygen atoms in total. The predicted molar refractivity (Wildman–Crippen MR) is 136 cm³/mol. The molecule has 4 atom stereocenters. The van der Waals surface area contributed by atoms with Gasteiger partial charge in [0, 0.05) is 37.8 Å². The second kappa shape index (κ2) is 9.18. The molecular formula is C27H41N3O4S. The predicted octanol–water partition coefficient (Wildman–Crippen LogP) is 3.82. The van der Waals surface area contributed by atoms with Gasteiger partial charge in [0.1, 0.15) is 0 Å². The van der Waals surface area contributed by atoms with Crippen molar-refractivity contribution < 1.29 is 18.0 Å². The number of benzene rings is 1. The Balaban J connectivity index is 1.53. The molecule has 1 saturated heterocycles. The van der Waals surface area contributed by atoms with Crippen molar-refractivity contribution in [3.05, 3.63) is 29.3 Å². The summed E-state index contributed by atoms with van der Waals surface area (Å²) in [4.78, 5) is 28.0. The van der Waals surface area contributed by atoms with Gasteiger partial charge in [-0.25, -0.2) is 8.42 Å². The lowest BCUT2D eigenvalue weighted by Crippen LogP contribution is -2.52. The first-order valence-corrected chi connectivity index (χ1v) is 14.5. The van der Waals surface area contributed by atoms with Gasteiger partial charge >= 0.3 is 0 Å². The van der Waals surface area contributed by atoms with Crippen LogP contribution in [0.3, 0.4) is 0 Å². The van der Waals surface area contributed by atoms with Gasteiger partial charge in [0.2, 0.25) is 15.9 Å². The van der Waals surface area contributed by atoms with Crippen molar-refractivity contribution in [2.24, 2.45) is 22.7 Å². The summed E-state index contributed by atoms with van der Waals surface area (Å²) in [5.41, 5.74) is 1.08. The average molecular weight is 504 g/mol. The largest absolute Gasteiger partial charge is 0.348 e. The maximum absolute atomic E-state index is 13.6. The topological polar surface area (TPSA) is 86.8 Å². The van der Waals surface area contributed by atoms with Gasteiger partial charge in [-0.15, -0.1) is 0 Å². The number of nitrogens with zero attached hydrogens (tertiary/aromatic N) is 2. The lowest BCUT2D eigenvalue weighted by Gasteiger charge is -2.43. The molecule has 2 amide bonds. The summed E-state index contributed by atoms with van der Waals surface area (Å²) in [6.45, 7) is 14.1. The normalized spacial score (nSPS) is 29.9. The van der Waals surface area contributed by atoms with E-state index in [2.05, 4.69) is 26.1 Å². The highest BCUT2D eigenvalue weighted by Gasteiger charge is 2.59. The SMILES string of the molecule is CCN(CC)C(=O)C1CCN(S(=O)(=O)c2cc(C(=O)NC3C4(C)CCC(C4)C3(C)C)ccc2C)C1. The van der Waals surface area contributed by atoms with Crippen molar-refractivity contribution in [1.29, 1.82) is 0 Å². The van der Waals surface area contributed by atoms with E-state index >= 15 is 0 Å². The minimum Gasteiger partial charge on any atom is -0.348 e. The zero-order chi connectivity index (χ0) is 25.8. The Bertz CT molecular complexity index is 1110. The summed E-state index contributed by atoms with van der Waals surface area (Å²) in [6.07, 6.45) is 3.96. The minimum absolute atomic E-state index is 0.0134. The van der Waals surface area contributed by atoms with E-state index < -0.39 is 10.0 Å². The van der Waals surface area contributed by atoms with Crippen LogP contribution in [0.2, 0.25) is 0 Å². The van der Waals surface area contributed by atoms with Gasteiger partial charge in [-0.1, -0.05) is 26.8 Å². The molecule has 4 rings (SSSR count). The van der Waals surface area contributed by atoms with Crippen LogP contribution in [-0.4, -0.2) is 61.7 Å². The zero-order valence-corrected chi connectivity index (χ0v) is 22.9. The van der Waals surface area contributed by atoms with E-state index in [-0.39, 0.29) is 46.0 Å². The number of hydrogen-bond acceptors (Lipinski definition) is 4. The van der Waals surface area contributed by atoms with Crippen LogP contribution in [0.1, 0.15) is 76.2 Å². The van der Waals surface area contributed by atoms with Crippen LogP contribution in [0.5, 0.6) is 0 Å². The molecule has 8 heteroatoms. The molecule has 2 bridgehead atoms. The van der Waals surface area contributed by atoms with Crippen molar-refractivity contribution in [3.8, 4) is 0 Å². The first-order valence-electron chi connectivity index (χ1n) is 13.1. The van der Waals surface area contributed by atoms with Crippen LogP contribution in [0.15, 0.2) is 23.1 Å². The third kappa shape index (κ3) is 4.41. The molecule has 2 saturated carbocycles. The van der Waals surface area contributed by atoms with Gasteiger partial charge in [-0.2, -0.15) is 4.31 Å². The first-order chi connectivity index (χ1) is 16.3. The molecule has 194 valence electrons. The van der Waals surface area contributed by atoms with E-state index in [0.29, 0.717) is 43.1 Å². The third-order valence-electron chi connectivity index (χ3n) is 9.19. The number of carbonyl (C=O) groups is 2. The highest BCUT2D eigenvalue weighted by atomic mass is 32.2. The Morgan fingerprint density at radius 2 is 1.83 bits per heavy atom. The molecule has 4 unspecified atom stereocenters. The number of sulfonamides is 1. The fourth-order valence-electron chi connectivity index (χ4n) is 6.98. The van der Waals surface area contributed by atoms with E-state index in [1.807, 2.05) is 13.8 Å². The molecule has 1 N–H and O–H groups in total. The van der Waals surface area contributed by atoms with Gasteiger partial charge in [-0.3, -0.25) is 9.59 Å². The molecule has 1 aliphatic heterocycles. The highest BCUT2D eigenvalue weighted by molar-refractivity contribution is 7.89. The fourth-order valence-corrected chi connectivity index (χ4v) is 8.73. The summed E-state index contributed by atoms with van der Waals surface area (Å²) in [5, 5.41) is 3.27. The number of fused-ring (bicyclic) bond motifs is 2. The van der Waals surface area contributed by atoms with Crippen molar-refractivity contribution in [2.75, 3.05) is 26.2 Å². The number of amides is 2. The van der Waals surface area contributed by atoms with E-state index in [1.54, 1.807) is 24.0 Å². The molecular weight excluding hydrogens is 462 g/mol. The van der Waals surface area contributed by atoms with Crippen molar-refractivity contribution in [1.82, 2.24) is 14.5 Å². The van der Waals surface area contributed by atoms with Gasteiger partial charge in [-0.05, 0) is 80.9 Å². The molecule has 0 spiro atoms. The third-order valence-corrected chi connectivity index (χ3v) is 11.2. The molecule has 2 aliphatic carbocycles. The van der Waals surface area contributed by atoms with E-state index in [1.165, 1.54) is 16.8 Å². The average Bonchev–Trinajstić information content (AvgIpc) is 3.50. The van der Waals surface area contributed by atoms with Crippen molar-refractivity contribution in [2.45, 2.75) is 78.2 Å². The van der Waals surface area contributed by atoms with Gasteiger partial charge < -0.3 is 10.2 Å². The Morgan fingerprint density at radius 1 is 1.14 bits per heavy atom. The quantitative estimate of drug-likeness (QED) is 0.613. The van der Waals surface area contributed by atoms with Crippen LogP contribution in [0.4, 0.5) is 0 Å². The molecule has 3 aliphatic rings. The van der Waals surface area contributed by atoms with Crippen LogP contribution in [-0.2, 0) is 14.8 Å². The molecule has 1 aromatic carbocycles. The van der Waals surface area contributed by atoms with Crippen molar-refractivity contribution >= 4 is 21.8 Å². The van der Waals surface area contributed by atoms with Crippen molar-refractivity contribution in [3.63, 3.8) is 0 Å². The van der Waals surface area contributed by atoms with Crippen LogP contribution >= 0.6 is 0 Å². The molecule has 35 heavy (non-hydrogen) atoms. The number of hydrogen-bond donors (Lipinski definition) is 1. The summed E-state index contributed by atoms with van der Waals surface area (Å²) < 4.78 is 28.6. The highest BCUT2D eigenvalue weighted by Crippen LogP contribution is 2.62. The summed E-state index contributed by atoms with van der Waals surface area (Å²) in [6, 6.07) is 5.00. The number of nitrogens with one attached hydrogen (secondary N) is 1. The standard InChI is InChI=1S/C27H41N3O4S/c1-7-29(8-2)24(32)20-12-14-30(17-20)35(33,34)22-15-19(10-9-18(22)3)23(31)28-25-26(4,5)21-11-13-27(25,6)16-21/h9-10,15,20-21,25H,7-8,11-14,16-17H2,1-6H3,(H,28,31). The number of rotatable bonds is 7. The van der Waals surface area contributed by atoms with Gasteiger partial charge in [0.15, 0.2) is 0 Å². The molecule has 1 heterocycles. The van der Waals surface area contributed by atoms with E-state index in [9.17, 15) is 18.0 Å². The monoisotopic (exact) mass is 503 g/mol. The smallest absolute Gasteiger partial charge is 0.251 e. The number of carbonyl (C=O) groups excluding carboxylic acids is 2. The maximum atomic E-state index is 13.6. The Kier molecular flexibility index (Phi) is 6.86. The Labute approximate surface area is 210 Å². The first kappa shape index (κ1) is 26.1. The Hall–Kier alpha value is -1.93. The van der Waals surface area contributed by atoms with Gasteiger partial charge in [0.25, 0.3) is 5.91 Å². The summed E-state index contributed by atoms with van der Waals surface area (Å²) in [7, 11) is -3.82. The summed E-state index contributed by atoms with van der Waals surface area (Å²) >= 11 is 0. The fraction of sp³-hybridized carbons (Fsp3) is 0.704. The van der Waals surface area contributed by atoms with E-state index in [4.69, 9.17) is 0 Å². The minimum atomic E-state index is -3.82. The van der Waals surface area contributed by atoms with Crippen LogP contribution < -0.4 is 5.32 Å². The zero-order valence-electron chi connectivity index (χ0n) is 22.1. The summed E-state index contributed by atoms with van der Waals surface area (Å²) in [5.74, 6) is 0.0787. The van der Waals surface area contributed by atoms with E-state index in [0.717, 1.165) is 12.8 Å². The molecule has 0 radical (unpaired) electrons. The molecule has 3 fully saturated rings. The second-order valence-electron chi connectivity index (χ2n) is 11.7. The molecule has 0 aromatic heterocycles. The number of aryl methyl sites for hydroxylation is 1. The lowest BCUT2D eigenvalue weighted by molar-refractivity contribution is -0.134. The van der Waals surface area contributed by atoms with Crippen LogP contribution in [0, 0.1) is 29.6 Å². The lowest BCUT2D eigenvalue weighted by atomic mass is 9.68. The Morgan fingerprint density at radius 3 is 2.43 bits per heavy atom. The molecule has 1 aromatic rings. The van der Waals surface area contributed by atoms with Gasteiger partial charge in [0.05, 0.1) is 10.8 Å².